The van der Waals surface area contributed by atoms with Gasteiger partial charge >= 0.3 is 0 Å². The van der Waals surface area contributed by atoms with Gasteiger partial charge in [-0.05, 0) is 49.9 Å². The lowest BCUT2D eigenvalue weighted by molar-refractivity contribution is 0.0718. The second-order valence-corrected chi connectivity index (χ2v) is 7.44. The van der Waals surface area contributed by atoms with Crippen LogP contribution in [0.1, 0.15) is 41.0 Å². The first-order valence-electron chi connectivity index (χ1n) is 8.28. The summed E-state index contributed by atoms with van der Waals surface area (Å²) in [5.41, 5.74) is 2.52. The lowest BCUT2D eigenvalue weighted by Crippen LogP contribution is -2.36. The SMILES string of the molecule is Cc1cccc(SCc2cccc(C(=O)N3CCCCC3)n2)c1Cl. The standard InChI is InChI=1S/C19H21ClN2OS/c1-14-7-5-10-17(18(14)20)24-13-15-8-6-9-16(21-15)19(23)22-11-3-2-4-12-22/h5-10H,2-4,11-13H2,1H3. The van der Waals surface area contributed by atoms with Crippen LogP contribution in [0.3, 0.4) is 0 Å². The van der Waals surface area contributed by atoms with Crippen LogP contribution in [0.4, 0.5) is 0 Å². The third kappa shape index (κ3) is 4.11. The molecule has 0 N–H and O–H groups in total. The molecule has 1 saturated heterocycles. The van der Waals surface area contributed by atoms with Crippen molar-refractivity contribution in [2.24, 2.45) is 0 Å². The second kappa shape index (κ2) is 8.04. The van der Waals surface area contributed by atoms with Crippen molar-refractivity contribution >= 4 is 29.3 Å². The number of likely N-dealkylation sites (tertiary alicyclic amines) is 1. The highest BCUT2D eigenvalue weighted by Crippen LogP contribution is 2.31. The number of aromatic nitrogens is 1. The fourth-order valence-electron chi connectivity index (χ4n) is 2.82. The van der Waals surface area contributed by atoms with Gasteiger partial charge in [0.25, 0.3) is 5.91 Å². The first-order chi connectivity index (χ1) is 11.6. The van der Waals surface area contributed by atoms with Crippen LogP contribution in [0, 0.1) is 6.92 Å². The van der Waals surface area contributed by atoms with Gasteiger partial charge in [0.2, 0.25) is 0 Å². The number of piperidine rings is 1. The van der Waals surface area contributed by atoms with Crippen LogP contribution >= 0.6 is 23.4 Å². The molecule has 1 aliphatic heterocycles. The van der Waals surface area contributed by atoms with Crippen LogP contribution in [-0.2, 0) is 5.75 Å². The molecule has 1 aromatic heterocycles. The summed E-state index contributed by atoms with van der Waals surface area (Å²) in [6.07, 6.45) is 3.39. The van der Waals surface area contributed by atoms with E-state index in [1.165, 1.54) is 6.42 Å². The summed E-state index contributed by atoms with van der Waals surface area (Å²) in [6.45, 7) is 3.69. The van der Waals surface area contributed by atoms with Gasteiger partial charge in [-0.3, -0.25) is 4.79 Å². The van der Waals surface area contributed by atoms with E-state index >= 15 is 0 Å². The Hall–Kier alpha value is -1.52. The predicted molar refractivity (Wildman–Crippen MR) is 99.7 cm³/mol. The molecule has 1 aromatic carbocycles. The van der Waals surface area contributed by atoms with Gasteiger partial charge in [0.05, 0.1) is 10.7 Å². The van der Waals surface area contributed by atoms with Gasteiger partial charge in [0.15, 0.2) is 0 Å². The van der Waals surface area contributed by atoms with Crippen LogP contribution in [-0.4, -0.2) is 28.9 Å². The molecule has 0 aliphatic carbocycles. The molecular weight excluding hydrogens is 340 g/mol. The van der Waals surface area contributed by atoms with Crippen molar-refractivity contribution in [2.75, 3.05) is 13.1 Å². The van der Waals surface area contributed by atoms with Gasteiger partial charge in [-0.15, -0.1) is 11.8 Å². The number of hydrogen-bond acceptors (Lipinski definition) is 3. The van der Waals surface area contributed by atoms with E-state index in [-0.39, 0.29) is 5.91 Å². The number of halogens is 1. The number of nitrogens with zero attached hydrogens (tertiary/aromatic N) is 2. The zero-order chi connectivity index (χ0) is 16.9. The van der Waals surface area contributed by atoms with Gasteiger partial charge < -0.3 is 4.90 Å². The topological polar surface area (TPSA) is 33.2 Å². The first kappa shape index (κ1) is 17.3. The summed E-state index contributed by atoms with van der Waals surface area (Å²) < 4.78 is 0. The molecule has 1 fully saturated rings. The van der Waals surface area contributed by atoms with Crippen LogP contribution in [0.5, 0.6) is 0 Å². The van der Waals surface area contributed by atoms with E-state index in [1.54, 1.807) is 11.8 Å². The molecule has 0 atom stereocenters. The van der Waals surface area contributed by atoms with E-state index in [0.717, 1.165) is 47.1 Å². The van der Waals surface area contributed by atoms with Crippen molar-refractivity contribution in [3.8, 4) is 0 Å². The number of hydrogen-bond donors (Lipinski definition) is 0. The van der Waals surface area contributed by atoms with Crippen LogP contribution in [0.25, 0.3) is 0 Å². The van der Waals surface area contributed by atoms with Crippen molar-refractivity contribution in [1.29, 1.82) is 0 Å². The Balaban J connectivity index is 1.69. The largest absolute Gasteiger partial charge is 0.337 e. The van der Waals surface area contributed by atoms with Crippen molar-refractivity contribution in [3.05, 3.63) is 58.4 Å². The second-order valence-electron chi connectivity index (χ2n) is 6.04. The highest BCUT2D eigenvalue weighted by molar-refractivity contribution is 7.98. The van der Waals surface area contributed by atoms with Crippen molar-refractivity contribution in [1.82, 2.24) is 9.88 Å². The summed E-state index contributed by atoms with van der Waals surface area (Å²) in [5.74, 6) is 0.750. The molecule has 0 radical (unpaired) electrons. The maximum absolute atomic E-state index is 12.6. The van der Waals surface area contributed by atoms with E-state index in [0.29, 0.717) is 11.4 Å². The van der Waals surface area contributed by atoms with Gasteiger partial charge in [0.1, 0.15) is 5.69 Å². The Morgan fingerprint density at radius 1 is 1.17 bits per heavy atom. The minimum atomic E-state index is 0.0511. The quantitative estimate of drug-likeness (QED) is 0.722. The van der Waals surface area contributed by atoms with Crippen LogP contribution < -0.4 is 0 Å². The molecule has 126 valence electrons. The number of carbonyl (C=O) groups is 1. The maximum atomic E-state index is 12.6. The molecule has 0 spiro atoms. The minimum absolute atomic E-state index is 0.0511. The average molecular weight is 361 g/mol. The third-order valence-corrected chi connectivity index (χ3v) is 5.91. The number of carbonyl (C=O) groups excluding carboxylic acids is 1. The number of pyridine rings is 1. The Labute approximate surface area is 152 Å². The lowest BCUT2D eigenvalue weighted by atomic mass is 10.1. The average Bonchev–Trinajstić information content (AvgIpc) is 2.63. The molecule has 2 heterocycles. The Kier molecular flexibility index (Phi) is 5.80. The number of amides is 1. The normalized spacial score (nSPS) is 14.7. The minimum Gasteiger partial charge on any atom is -0.337 e. The predicted octanol–water partition coefficient (Wildman–Crippen LogP) is 4.96. The van der Waals surface area contributed by atoms with Gasteiger partial charge in [-0.2, -0.15) is 0 Å². The number of rotatable bonds is 4. The van der Waals surface area contributed by atoms with Crippen molar-refractivity contribution in [2.45, 2.75) is 36.8 Å². The highest BCUT2D eigenvalue weighted by atomic mass is 35.5. The van der Waals surface area contributed by atoms with Crippen LogP contribution in [0.15, 0.2) is 41.3 Å². The highest BCUT2D eigenvalue weighted by Gasteiger charge is 2.19. The summed E-state index contributed by atoms with van der Waals surface area (Å²) in [5, 5.41) is 0.794. The zero-order valence-corrected chi connectivity index (χ0v) is 15.4. The Bertz CT molecular complexity index is 729. The number of thioether (sulfide) groups is 1. The molecule has 1 aliphatic rings. The zero-order valence-electron chi connectivity index (χ0n) is 13.8. The summed E-state index contributed by atoms with van der Waals surface area (Å²) in [7, 11) is 0. The molecule has 0 bridgehead atoms. The third-order valence-electron chi connectivity index (χ3n) is 4.20. The Morgan fingerprint density at radius 3 is 2.71 bits per heavy atom. The van der Waals surface area contributed by atoms with E-state index in [1.807, 2.05) is 48.2 Å². The van der Waals surface area contributed by atoms with E-state index in [2.05, 4.69) is 4.98 Å². The van der Waals surface area contributed by atoms with E-state index in [9.17, 15) is 4.79 Å². The lowest BCUT2D eigenvalue weighted by Gasteiger charge is -2.26. The summed E-state index contributed by atoms with van der Waals surface area (Å²) in [4.78, 5) is 20.1. The molecule has 0 unspecified atom stereocenters. The van der Waals surface area contributed by atoms with Crippen molar-refractivity contribution < 1.29 is 4.79 Å². The molecule has 3 nitrogen and oxygen atoms in total. The molecule has 24 heavy (non-hydrogen) atoms. The van der Waals surface area contributed by atoms with Gasteiger partial charge in [-0.1, -0.05) is 29.8 Å². The smallest absolute Gasteiger partial charge is 0.272 e. The van der Waals surface area contributed by atoms with Gasteiger partial charge in [0, 0.05) is 23.7 Å². The molecule has 0 saturated carbocycles. The summed E-state index contributed by atoms with van der Waals surface area (Å²) >= 11 is 7.99. The number of aryl methyl sites for hydroxylation is 1. The van der Waals surface area contributed by atoms with Gasteiger partial charge in [-0.25, -0.2) is 4.98 Å². The fraction of sp³-hybridized carbons (Fsp3) is 0.368. The molecule has 1 amide bonds. The first-order valence-corrected chi connectivity index (χ1v) is 9.64. The molecular formula is C19H21ClN2OS. The van der Waals surface area contributed by atoms with Crippen molar-refractivity contribution in [3.63, 3.8) is 0 Å². The summed E-state index contributed by atoms with van der Waals surface area (Å²) in [6, 6.07) is 11.7. The Morgan fingerprint density at radius 2 is 1.92 bits per heavy atom. The van der Waals surface area contributed by atoms with Crippen LogP contribution in [0.2, 0.25) is 5.02 Å². The molecule has 2 aromatic rings. The van der Waals surface area contributed by atoms with E-state index < -0.39 is 0 Å². The fourth-order valence-corrected chi connectivity index (χ4v) is 4.04. The monoisotopic (exact) mass is 360 g/mol. The maximum Gasteiger partial charge on any atom is 0.272 e. The van der Waals surface area contributed by atoms with E-state index in [4.69, 9.17) is 11.6 Å². The number of benzene rings is 1. The molecule has 3 rings (SSSR count). The molecule has 5 heteroatoms.